The number of Topliss-reactive ketones (excluding diaryl/α,β-unsaturated/α-hetero) is 1. The van der Waals surface area contributed by atoms with Gasteiger partial charge in [0.05, 0.1) is 0 Å². The van der Waals surface area contributed by atoms with Crippen molar-refractivity contribution >= 4 is 11.7 Å². The molecule has 4 heteroatoms. The molecule has 0 spiro atoms. The predicted molar refractivity (Wildman–Crippen MR) is 73.9 cm³/mol. The van der Waals surface area contributed by atoms with Gasteiger partial charge in [-0.05, 0) is 18.8 Å². The lowest BCUT2D eigenvalue weighted by Gasteiger charge is -2.10. The highest BCUT2D eigenvalue weighted by atomic mass is 16.6. The van der Waals surface area contributed by atoms with E-state index in [9.17, 15) is 9.59 Å². The number of primary amides is 1. The lowest BCUT2D eigenvalue weighted by molar-refractivity contribution is -0.122. The Hall–Kier alpha value is -1.32. The van der Waals surface area contributed by atoms with Crippen LogP contribution in [0.3, 0.4) is 0 Å². The summed E-state index contributed by atoms with van der Waals surface area (Å²) in [4.78, 5) is 22.8. The summed E-state index contributed by atoms with van der Waals surface area (Å²) in [6, 6.07) is 0. The molecule has 0 fully saturated rings. The van der Waals surface area contributed by atoms with Gasteiger partial charge in [-0.2, -0.15) is 0 Å². The van der Waals surface area contributed by atoms with Crippen molar-refractivity contribution in [2.75, 3.05) is 0 Å². The van der Waals surface area contributed by atoms with Gasteiger partial charge in [0.1, 0.15) is 17.5 Å². The van der Waals surface area contributed by atoms with E-state index in [4.69, 9.17) is 10.5 Å². The molecule has 1 aliphatic rings. The third-order valence-corrected chi connectivity index (χ3v) is 3.44. The maximum Gasteiger partial charge on any atom is 0.228 e. The molecule has 1 aliphatic heterocycles. The molecule has 0 radical (unpaired) electrons. The fraction of sp³-hybridized carbons (Fsp3) is 0.733. The van der Waals surface area contributed by atoms with Gasteiger partial charge in [-0.3, -0.25) is 9.59 Å². The Kier molecular flexibility index (Phi) is 5.58. The molecular formula is C15H25NO3. The van der Waals surface area contributed by atoms with Crippen LogP contribution >= 0.6 is 0 Å². The quantitative estimate of drug-likeness (QED) is 0.653. The molecule has 0 saturated heterocycles. The number of allylic oxidation sites excluding steroid dienone is 1. The van der Waals surface area contributed by atoms with E-state index in [2.05, 4.69) is 0 Å². The van der Waals surface area contributed by atoms with Gasteiger partial charge in [-0.25, -0.2) is 0 Å². The molecule has 4 nitrogen and oxygen atoms in total. The van der Waals surface area contributed by atoms with Crippen molar-refractivity contribution in [3.05, 3.63) is 11.5 Å². The Bertz CT molecular complexity index is 383. The molecule has 0 aromatic carbocycles. The van der Waals surface area contributed by atoms with Crippen molar-refractivity contribution in [3.8, 4) is 0 Å². The first-order valence-corrected chi connectivity index (χ1v) is 7.07. The molecule has 1 rings (SSSR count). The molecule has 108 valence electrons. The van der Waals surface area contributed by atoms with Crippen LogP contribution in [0.1, 0.15) is 53.4 Å². The van der Waals surface area contributed by atoms with E-state index in [1.807, 2.05) is 27.7 Å². The molecular weight excluding hydrogens is 242 g/mol. The van der Waals surface area contributed by atoms with Crippen LogP contribution in [0.5, 0.6) is 0 Å². The van der Waals surface area contributed by atoms with Crippen LogP contribution in [0.4, 0.5) is 0 Å². The van der Waals surface area contributed by atoms with E-state index in [0.717, 1.165) is 30.8 Å². The van der Waals surface area contributed by atoms with Gasteiger partial charge in [0.15, 0.2) is 5.76 Å². The van der Waals surface area contributed by atoms with E-state index in [1.54, 1.807) is 0 Å². The van der Waals surface area contributed by atoms with E-state index >= 15 is 0 Å². The minimum atomic E-state index is -0.324. The number of carbonyl (C=O) groups is 2. The summed E-state index contributed by atoms with van der Waals surface area (Å²) in [5, 5.41) is 0. The van der Waals surface area contributed by atoms with E-state index in [1.165, 1.54) is 0 Å². The largest absolute Gasteiger partial charge is 0.458 e. The summed E-state index contributed by atoms with van der Waals surface area (Å²) < 4.78 is 5.40. The van der Waals surface area contributed by atoms with E-state index < -0.39 is 0 Å². The fourth-order valence-electron chi connectivity index (χ4n) is 2.15. The number of carbonyl (C=O) groups excluding carboxylic acids is 2. The zero-order valence-corrected chi connectivity index (χ0v) is 12.4. The van der Waals surface area contributed by atoms with Crippen LogP contribution in [0.15, 0.2) is 11.5 Å². The highest BCUT2D eigenvalue weighted by Gasteiger charge is 2.37. The molecule has 1 unspecified atom stereocenters. The minimum Gasteiger partial charge on any atom is -0.458 e. The molecule has 0 saturated carbocycles. The summed E-state index contributed by atoms with van der Waals surface area (Å²) in [6.07, 6.45) is 3.22. The van der Waals surface area contributed by atoms with Crippen molar-refractivity contribution in [2.24, 2.45) is 23.5 Å². The minimum absolute atomic E-state index is 0.118. The van der Waals surface area contributed by atoms with Crippen molar-refractivity contribution in [2.45, 2.75) is 53.4 Å². The second-order valence-corrected chi connectivity index (χ2v) is 5.84. The Labute approximate surface area is 115 Å². The van der Waals surface area contributed by atoms with Gasteiger partial charge in [-0.15, -0.1) is 0 Å². The SMILES string of the molecule is CC(C)C(=O)CCCCC1=C(C(C(N)=O)C(C)C)O1. The van der Waals surface area contributed by atoms with Crippen LogP contribution in [0.25, 0.3) is 0 Å². The van der Waals surface area contributed by atoms with Crippen molar-refractivity contribution in [3.63, 3.8) is 0 Å². The molecule has 19 heavy (non-hydrogen) atoms. The standard InChI is InChI=1S/C15H25NO3/c1-9(2)11(17)7-5-6-8-12-14(19-12)13(10(3)4)15(16)18/h9-10,13H,5-8H2,1-4H3,(H2,16,18). The van der Waals surface area contributed by atoms with E-state index in [0.29, 0.717) is 12.2 Å². The molecule has 1 heterocycles. The predicted octanol–water partition coefficient (Wildman–Crippen LogP) is 2.77. The third kappa shape index (κ3) is 4.69. The molecule has 0 bridgehead atoms. The second kappa shape index (κ2) is 6.73. The van der Waals surface area contributed by atoms with Gasteiger partial charge >= 0.3 is 0 Å². The van der Waals surface area contributed by atoms with Crippen molar-refractivity contribution in [1.29, 1.82) is 0 Å². The second-order valence-electron chi connectivity index (χ2n) is 5.84. The maximum absolute atomic E-state index is 11.4. The van der Waals surface area contributed by atoms with Crippen LogP contribution in [0, 0.1) is 17.8 Å². The summed E-state index contributed by atoms with van der Waals surface area (Å²) >= 11 is 0. The van der Waals surface area contributed by atoms with Gasteiger partial charge in [0.25, 0.3) is 0 Å². The number of hydrogen-bond donors (Lipinski definition) is 1. The van der Waals surface area contributed by atoms with Crippen LogP contribution < -0.4 is 5.73 Å². The molecule has 1 amide bonds. The van der Waals surface area contributed by atoms with Crippen molar-refractivity contribution < 1.29 is 14.3 Å². The Balaban J connectivity index is 2.32. The van der Waals surface area contributed by atoms with Gasteiger partial charge < -0.3 is 10.5 Å². The number of ketones is 1. The summed E-state index contributed by atoms with van der Waals surface area (Å²) in [5.41, 5.74) is 5.37. The normalized spacial score (nSPS) is 15.7. The van der Waals surface area contributed by atoms with Gasteiger partial charge in [0.2, 0.25) is 5.91 Å². The number of ether oxygens (including phenoxy) is 1. The summed E-state index contributed by atoms with van der Waals surface area (Å²) in [6.45, 7) is 7.77. The van der Waals surface area contributed by atoms with Crippen LogP contribution in [-0.4, -0.2) is 11.7 Å². The third-order valence-electron chi connectivity index (χ3n) is 3.44. The Morgan fingerprint density at radius 2 is 1.79 bits per heavy atom. The van der Waals surface area contributed by atoms with Crippen LogP contribution in [0.2, 0.25) is 0 Å². The topological polar surface area (TPSA) is 72.7 Å². The lowest BCUT2D eigenvalue weighted by atomic mass is 9.94. The van der Waals surface area contributed by atoms with Crippen molar-refractivity contribution in [1.82, 2.24) is 0 Å². The number of hydrogen-bond acceptors (Lipinski definition) is 3. The van der Waals surface area contributed by atoms with Gasteiger partial charge in [-0.1, -0.05) is 27.7 Å². The zero-order chi connectivity index (χ0) is 14.6. The number of nitrogens with two attached hydrogens (primary N) is 1. The summed E-state index contributed by atoms with van der Waals surface area (Å²) in [5.74, 6) is 1.62. The first-order chi connectivity index (χ1) is 8.84. The number of unbranched alkanes of at least 4 members (excludes halogenated alkanes) is 1. The maximum atomic E-state index is 11.4. The summed E-state index contributed by atoms with van der Waals surface area (Å²) in [7, 11) is 0. The molecule has 0 aliphatic carbocycles. The highest BCUT2D eigenvalue weighted by Crippen LogP contribution is 2.39. The number of amides is 1. The van der Waals surface area contributed by atoms with Gasteiger partial charge in [0, 0.05) is 18.8 Å². The average Bonchev–Trinajstić information content (AvgIpc) is 3.02. The smallest absolute Gasteiger partial charge is 0.228 e. The molecule has 0 aromatic heterocycles. The Morgan fingerprint density at radius 3 is 2.26 bits per heavy atom. The Morgan fingerprint density at radius 1 is 1.16 bits per heavy atom. The first kappa shape index (κ1) is 15.7. The molecule has 2 N–H and O–H groups in total. The number of rotatable bonds is 9. The van der Waals surface area contributed by atoms with Crippen LogP contribution in [-0.2, 0) is 14.3 Å². The average molecular weight is 267 g/mol. The van der Waals surface area contributed by atoms with E-state index in [-0.39, 0.29) is 23.7 Å². The highest BCUT2D eigenvalue weighted by molar-refractivity contribution is 5.80. The zero-order valence-electron chi connectivity index (χ0n) is 12.4. The molecule has 1 atom stereocenters. The molecule has 0 aromatic rings. The lowest BCUT2D eigenvalue weighted by Crippen LogP contribution is -2.27. The monoisotopic (exact) mass is 267 g/mol. The fourth-order valence-corrected chi connectivity index (χ4v) is 2.15. The first-order valence-electron chi connectivity index (χ1n) is 7.07.